The molecule has 88 valence electrons. The lowest BCUT2D eigenvalue weighted by Crippen LogP contribution is -2.50. The molecule has 0 saturated carbocycles. The standard InChI is InChI=1S/C12H23NO2/c1-2-9-5-6-13-10(8-9)12(14)11-4-3-7-15-11/h9-14H,2-8H2,1H3. The van der Waals surface area contributed by atoms with Gasteiger partial charge in [-0.15, -0.1) is 0 Å². The van der Waals surface area contributed by atoms with E-state index in [1.54, 1.807) is 0 Å². The second kappa shape index (κ2) is 5.28. The van der Waals surface area contributed by atoms with Gasteiger partial charge in [0, 0.05) is 12.6 Å². The van der Waals surface area contributed by atoms with Crippen LogP contribution in [-0.4, -0.2) is 36.5 Å². The Labute approximate surface area is 92.2 Å². The minimum atomic E-state index is -0.304. The Bertz CT molecular complexity index is 192. The lowest BCUT2D eigenvalue weighted by atomic mass is 9.86. The van der Waals surface area contributed by atoms with Crippen LogP contribution in [0.3, 0.4) is 0 Å². The van der Waals surface area contributed by atoms with Gasteiger partial charge in [-0.2, -0.15) is 0 Å². The third kappa shape index (κ3) is 2.71. The van der Waals surface area contributed by atoms with Gasteiger partial charge in [0.25, 0.3) is 0 Å². The Kier molecular flexibility index (Phi) is 4.00. The Hall–Kier alpha value is -0.120. The molecule has 0 spiro atoms. The fourth-order valence-corrected chi connectivity index (χ4v) is 2.80. The van der Waals surface area contributed by atoms with E-state index in [0.717, 1.165) is 38.3 Å². The predicted molar refractivity (Wildman–Crippen MR) is 59.8 cm³/mol. The molecule has 2 aliphatic rings. The van der Waals surface area contributed by atoms with E-state index in [1.165, 1.54) is 12.8 Å². The summed E-state index contributed by atoms with van der Waals surface area (Å²) in [5.74, 6) is 0.785. The minimum Gasteiger partial charge on any atom is -0.389 e. The zero-order chi connectivity index (χ0) is 10.7. The van der Waals surface area contributed by atoms with Crippen molar-refractivity contribution in [2.45, 2.75) is 57.3 Å². The highest BCUT2D eigenvalue weighted by Gasteiger charge is 2.33. The first-order valence-corrected chi connectivity index (χ1v) is 6.34. The molecule has 0 aromatic rings. The largest absolute Gasteiger partial charge is 0.389 e. The molecule has 0 radical (unpaired) electrons. The van der Waals surface area contributed by atoms with Gasteiger partial charge >= 0.3 is 0 Å². The van der Waals surface area contributed by atoms with E-state index in [1.807, 2.05) is 0 Å². The quantitative estimate of drug-likeness (QED) is 0.742. The van der Waals surface area contributed by atoms with Crippen molar-refractivity contribution in [1.29, 1.82) is 0 Å². The average Bonchev–Trinajstić information content (AvgIpc) is 2.81. The Morgan fingerprint density at radius 2 is 2.33 bits per heavy atom. The second-order valence-corrected chi connectivity index (χ2v) is 4.90. The fourth-order valence-electron chi connectivity index (χ4n) is 2.80. The first-order chi connectivity index (χ1) is 7.31. The maximum absolute atomic E-state index is 10.2. The van der Waals surface area contributed by atoms with Crippen LogP contribution in [0, 0.1) is 5.92 Å². The lowest BCUT2D eigenvalue weighted by molar-refractivity contribution is -0.0291. The normalized spacial score (nSPS) is 39.2. The highest BCUT2D eigenvalue weighted by atomic mass is 16.5. The molecule has 3 heteroatoms. The van der Waals surface area contributed by atoms with Gasteiger partial charge in [-0.3, -0.25) is 0 Å². The van der Waals surface area contributed by atoms with E-state index in [0.29, 0.717) is 0 Å². The molecule has 2 aliphatic heterocycles. The molecule has 0 aromatic carbocycles. The van der Waals surface area contributed by atoms with E-state index in [-0.39, 0.29) is 18.2 Å². The first kappa shape index (κ1) is 11.4. The molecule has 0 amide bonds. The third-order valence-electron chi connectivity index (χ3n) is 3.88. The average molecular weight is 213 g/mol. The Morgan fingerprint density at radius 3 is 3.00 bits per heavy atom. The molecular formula is C12H23NO2. The highest BCUT2D eigenvalue weighted by molar-refractivity contribution is 4.88. The molecule has 2 fully saturated rings. The van der Waals surface area contributed by atoms with Crippen molar-refractivity contribution >= 4 is 0 Å². The number of aliphatic hydroxyl groups is 1. The molecular weight excluding hydrogens is 190 g/mol. The van der Waals surface area contributed by atoms with E-state index < -0.39 is 0 Å². The zero-order valence-electron chi connectivity index (χ0n) is 9.61. The summed E-state index contributed by atoms with van der Waals surface area (Å²) in [5, 5.41) is 13.6. The monoisotopic (exact) mass is 213 g/mol. The summed E-state index contributed by atoms with van der Waals surface area (Å²) in [6.45, 7) is 4.12. The number of hydrogen-bond donors (Lipinski definition) is 2. The van der Waals surface area contributed by atoms with Gasteiger partial charge in [0.05, 0.1) is 12.2 Å². The van der Waals surface area contributed by atoms with Crippen molar-refractivity contribution in [1.82, 2.24) is 5.32 Å². The molecule has 2 rings (SSSR count). The molecule has 4 unspecified atom stereocenters. The third-order valence-corrected chi connectivity index (χ3v) is 3.88. The maximum Gasteiger partial charge on any atom is 0.0954 e. The van der Waals surface area contributed by atoms with Crippen LogP contribution < -0.4 is 5.32 Å². The number of hydrogen-bond acceptors (Lipinski definition) is 3. The summed E-state index contributed by atoms with van der Waals surface area (Å²) in [5.41, 5.74) is 0. The van der Waals surface area contributed by atoms with Crippen molar-refractivity contribution in [2.24, 2.45) is 5.92 Å². The van der Waals surface area contributed by atoms with Gasteiger partial charge < -0.3 is 15.2 Å². The molecule has 15 heavy (non-hydrogen) atoms. The van der Waals surface area contributed by atoms with Crippen LogP contribution in [0.1, 0.15) is 39.0 Å². The van der Waals surface area contributed by atoms with Crippen molar-refractivity contribution in [3.8, 4) is 0 Å². The molecule has 0 bridgehead atoms. The number of nitrogens with one attached hydrogen (secondary N) is 1. The topological polar surface area (TPSA) is 41.5 Å². The summed E-state index contributed by atoms with van der Waals surface area (Å²) < 4.78 is 5.55. The van der Waals surface area contributed by atoms with Gasteiger partial charge in [-0.1, -0.05) is 13.3 Å². The smallest absolute Gasteiger partial charge is 0.0954 e. The summed E-state index contributed by atoms with van der Waals surface area (Å²) in [7, 11) is 0. The van der Waals surface area contributed by atoms with E-state index in [2.05, 4.69) is 12.2 Å². The fraction of sp³-hybridized carbons (Fsp3) is 1.00. The molecule has 0 aliphatic carbocycles. The summed E-state index contributed by atoms with van der Waals surface area (Å²) in [4.78, 5) is 0. The van der Waals surface area contributed by atoms with Crippen LogP contribution in [0.25, 0.3) is 0 Å². The predicted octanol–water partition coefficient (Wildman–Crippen LogP) is 1.30. The van der Waals surface area contributed by atoms with Gasteiger partial charge in [-0.05, 0) is 38.1 Å². The zero-order valence-corrected chi connectivity index (χ0v) is 9.61. The van der Waals surface area contributed by atoms with Crippen molar-refractivity contribution < 1.29 is 9.84 Å². The van der Waals surface area contributed by atoms with Crippen molar-refractivity contribution in [3.05, 3.63) is 0 Å². The second-order valence-electron chi connectivity index (χ2n) is 4.90. The number of rotatable bonds is 3. The van der Waals surface area contributed by atoms with Crippen LogP contribution >= 0.6 is 0 Å². The Morgan fingerprint density at radius 1 is 1.47 bits per heavy atom. The number of piperidine rings is 1. The number of ether oxygens (including phenoxy) is 1. The van der Waals surface area contributed by atoms with E-state index in [4.69, 9.17) is 4.74 Å². The summed E-state index contributed by atoms with van der Waals surface area (Å²) in [6, 6.07) is 0.256. The minimum absolute atomic E-state index is 0.0816. The van der Waals surface area contributed by atoms with Gasteiger partial charge in [0.1, 0.15) is 0 Å². The van der Waals surface area contributed by atoms with Crippen molar-refractivity contribution in [2.75, 3.05) is 13.2 Å². The molecule has 2 saturated heterocycles. The number of aliphatic hydroxyl groups excluding tert-OH is 1. The van der Waals surface area contributed by atoms with Crippen LogP contribution in [-0.2, 0) is 4.74 Å². The highest BCUT2D eigenvalue weighted by Crippen LogP contribution is 2.25. The molecule has 2 heterocycles. The van der Waals surface area contributed by atoms with Gasteiger partial charge in [0.15, 0.2) is 0 Å². The van der Waals surface area contributed by atoms with E-state index >= 15 is 0 Å². The van der Waals surface area contributed by atoms with Crippen molar-refractivity contribution in [3.63, 3.8) is 0 Å². The van der Waals surface area contributed by atoms with E-state index in [9.17, 15) is 5.11 Å². The first-order valence-electron chi connectivity index (χ1n) is 6.34. The van der Waals surface area contributed by atoms with Gasteiger partial charge in [-0.25, -0.2) is 0 Å². The van der Waals surface area contributed by atoms with Crippen LogP contribution in [0.2, 0.25) is 0 Å². The summed E-state index contributed by atoms with van der Waals surface area (Å²) >= 11 is 0. The van der Waals surface area contributed by atoms with Crippen LogP contribution in [0.4, 0.5) is 0 Å². The lowest BCUT2D eigenvalue weighted by Gasteiger charge is -2.34. The maximum atomic E-state index is 10.2. The molecule has 4 atom stereocenters. The molecule has 2 N–H and O–H groups in total. The van der Waals surface area contributed by atoms with Crippen LogP contribution in [0.5, 0.6) is 0 Å². The Balaban J connectivity index is 1.85. The van der Waals surface area contributed by atoms with Crippen LogP contribution in [0.15, 0.2) is 0 Å². The van der Waals surface area contributed by atoms with Gasteiger partial charge in [0.2, 0.25) is 0 Å². The SMILES string of the molecule is CCC1CCNC(C(O)C2CCCO2)C1. The molecule has 3 nitrogen and oxygen atoms in total. The molecule has 0 aromatic heterocycles. The summed E-state index contributed by atoms with van der Waals surface area (Å²) in [6.07, 6.45) is 5.50.